The molecular weight excluding hydrogens is 352 g/mol. The minimum Gasteiger partial charge on any atom is -0.310 e. The van der Waals surface area contributed by atoms with E-state index in [0.717, 1.165) is 43.9 Å². The number of benzene rings is 1. The molecule has 0 aliphatic carbocycles. The number of carbonyl (C=O) groups is 2. The van der Waals surface area contributed by atoms with Crippen molar-refractivity contribution in [3.05, 3.63) is 47.7 Å². The molecule has 6 nitrogen and oxygen atoms in total. The topological polar surface area (TPSA) is 67.2 Å². The number of rotatable bonds is 5. The Morgan fingerprint density at radius 1 is 1.18 bits per heavy atom. The van der Waals surface area contributed by atoms with Crippen molar-refractivity contribution in [2.75, 3.05) is 18.4 Å². The number of amides is 1. The number of ketones is 1. The molecule has 0 saturated carbocycles. The highest BCUT2D eigenvalue weighted by Crippen LogP contribution is 2.27. The van der Waals surface area contributed by atoms with Crippen LogP contribution in [0.25, 0.3) is 0 Å². The minimum absolute atomic E-state index is 0.00274. The zero-order valence-corrected chi connectivity index (χ0v) is 17.2. The fourth-order valence-electron chi connectivity index (χ4n) is 3.48. The van der Waals surface area contributed by atoms with Crippen LogP contribution in [0.3, 0.4) is 0 Å². The van der Waals surface area contributed by atoms with Crippen LogP contribution in [-0.4, -0.2) is 39.5 Å². The van der Waals surface area contributed by atoms with Crippen LogP contribution in [0.1, 0.15) is 62.5 Å². The second-order valence-electron chi connectivity index (χ2n) is 8.63. The van der Waals surface area contributed by atoms with Gasteiger partial charge in [-0.2, -0.15) is 5.10 Å². The number of nitrogens with one attached hydrogen (secondary N) is 1. The van der Waals surface area contributed by atoms with Crippen molar-refractivity contribution in [3.63, 3.8) is 0 Å². The molecule has 0 bridgehead atoms. The summed E-state index contributed by atoms with van der Waals surface area (Å²) in [6, 6.07) is 10.0. The van der Waals surface area contributed by atoms with Crippen molar-refractivity contribution in [1.29, 1.82) is 0 Å². The first-order valence-electron chi connectivity index (χ1n) is 9.91. The summed E-state index contributed by atoms with van der Waals surface area (Å²) in [5.74, 6) is 0.869. The Morgan fingerprint density at radius 3 is 2.54 bits per heavy atom. The largest absolute Gasteiger partial charge is 0.310 e. The molecule has 3 rings (SSSR count). The van der Waals surface area contributed by atoms with Crippen molar-refractivity contribution < 1.29 is 9.59 Å². The Bertz CT molecular complexity index is 842. The molecule has 0 unspecified atom stereocenters. The van der Waals surface area contributed by atoms with Gasteiger partial charge in [0.2, 0.25) is 5.91 Å². The standard InChI is InChI=1S/C22H30N4O2/c1-16(27)18-7-5-6-17(14-18)15-25-12-9-19(10-13-25)26-20(8-11-23-26)24-21(28)22(2,3)4/h5-8,11,14,19H,9-10,12-13,15H2,1-4H3,(H,24,28). The van der Waals surface area contributed by atoms with Crippen LogP contribution < -0.4 is 5.32 Å². The van der Waals surface area contributed by atoms with Crippen LogP contribution in [0, 0.1) is 5.41 Å². The summed E-state index contributed by atoms with van der Waals surface area (Å²) < 4.78 is 1.96. The summed E-state index contributed by atoms with van der Waals surface area (Å²) in [6.45, 7) is 10.1. The number of hydrogen-bond donors (Lipinski definition) is 1. The van der Waals surface area contributed by atoms with Gasteiger partial charge in [0.05, 0.1) is 12.2 Å². The predicted octanol–water partition coefficient (Wildman–Crippen LogP) is 3.91. The first-order chi connectivity index (χ1) is 13.2. The Labute approximate surface area is 166 Å². The van der Waals surface area contributed by atoms with Gasteiger partial charge in [0, 0.05) is 36.7 Å². The number of Topliss-reactive ketones (excluding diaryl/α,β-unsaturated/α-hetero) is 1. The van der Waals surface area contributed by atoms with E-state index in [1.54, 1.807) is 13.1 Å². The number of anilines is 1. The van der Waals surface area contributed by atoms with E-state index in [0.29, 0.717) is 0 Å². The van der Waals surface area contributed by atoms with E-state index >= 15 is 0 Å². The van der Waals surface area contributed by atoms with Crippen LogP contribution in [0.5, 0.6) is 0 Å². The third-order valence-electron chi connectivity index (χ3n) is 5.24. The first-order valence-corrected chi connectivity index (χ1v) is 9.91. The molecule has 1 aliphatic rings. The van der Waals surface area contributed by atoms with E-state index in [1.807, 2.05) is 49.7 Å². The maximum atomic E-state index is 12.3. The molecule has 1 amide bonds. The van der Waals surface area contributed by atoms with Crippen molar-refractivity contribution >= 4 is 17.5 Å². The van der Waals surface area contributed by atoms with E-state index in [2.05, 4.69) is 21.4 Å². The Morgan fingerprint density at radius 2 is 1.89 bits per heavy atom. The van der Waals surface area contributed by atoms with Gasteiger partial charge in [-0.05, 0) is 31.4 Å². The molecule has 1 aromatic heterocycles. The molecule has 1 aliphatic heterocycles. The third-order valence-corrected chi connectivity index (χ3v) is 5.24. The van der Waals surface area contributed by atoms with Gasteiger partial charge < -0.3 is 5.32 Å². The second-order valence-corrected chi connectivity index (χ2v) is 8.63. The molecule has 0 atom stereocenters. The monoisotopic (exact) mass is 382 g/mol. The van der Waals surface area contributed by atoms with E-state index in [9.17, 15) is 9.59 Å². The van der Waals surface area contributed by atoms with Crippen LogP contribution in [-0.2, 0) is 11.3 Å². The van der Waals surface area contributed by atoms with Gasteiger partial charge >= 0.3 is 0 Å². The molecule has 6 heteroatoms. The van der Waals surface area contributed by atoms with Gasteiger partial charge in [0.1, 0.15) is 5.82 Å². The number of piperidine rings is 1. The van der Waals surface area contributed by atoms with E-state index in [1.165, 1.54) is 5.56 Å². The third kappa shape index (κ3) is 4.87. The lowest BCUT2D eigenvalue weighted by Gasteiger charge is -2.33. The average Bonchev–Trinajstić information content (AvgIpc) is 3.10. The van der Waals surface area contributed by atoms with Crippen molar-refractivity contribution in [2.24, 2.45) is 5.41 Å². The predicted molar refractivity (Wildman–Crippen MR) is 110 cm³/mol. The summed E-state index contributed by atoms with van der Waals surface area (Å²) >= 11 is 0. The molecule has 0 spiro atoms. The normalized spacial score (nSPS) is 16.1. The van der Waals surface area contributed by atoms with E-state index in [4.69, 9.17) is 0 Å². The number of aromatic nitrogens is 2. The van der Waals surface area contributed by atoms with E-state index < -0.39 is 5.41 Å². The molecule has 0 radical (unpaired) electrons. The quantitative estimate of drug-likeness (QED) is 0.796. The number of likely N-dealkylation sites (tertiary alicyclic amines) is 1. The van der Waals surface area contributed by atoms with Crippen LogP contribution in [0.4, 0.5) is 5.82 Å². The van der Waals surface area contributed by atoms with Gasteiger partial charge in [0.25, 0.3) is 0 Å². The maximum absolute atomic E-state index is 12.3. The first kappa shape index (κ1) is 20.3. The Hall–Kier alpha value is -2.47. The summed E-state index contributed by atoms with van der Waals surface area (Å²) in [5.41, 5.74) is 1.50. The molecule has 2 heterocycles. The Balaban J connectivity index is 1.59. The Kier molecular flexibility index (Phi) is 5.98. The van der Waals surface area contributed by atoms with Crippen LogP contribution >= 0.6 is 0 Å². The van der Waals surface area contributed by atoms with Crippen molar-refractivity contribution in [3.8, 4) is 0 Å². The highest BCUT2D eigenvalue weighted by Gasteiger charge is 2.26. The fourth-order valence-corrected chi connectivity index (χ4v) is 3.48. The van der Waals surface area contributed by atoms with Crippen LogP contribution in [0.15, 0.2) is 36.5 Å². The van der Waals surface area contributed by atoms with Crippen molar-refractivity contribution in [2.45, 2.75) is 53.1 Å². The second kappa shape index (κ2) is 8.27. The highest BCUT2D eigenvalue weighted by atomic mass is 16.2. The molecule has 1 saturated heterocycles. The lowest BCUT2D eigenvalue weighted by atomic mass is 9.96. The van der Waals surface area contributed by atoms with E-state index in [-0.39, 0.29) is 17.7 Å². The van der Waals surface area contributed by atoms with Gasteiger partial charge in [-0.1, -0.05) is 39.0 Å². The van der Waals surface area contributed by atoms with Gasteiger partial charge in [0.15, 0.2) is 5.78 Å². The summed E-state index contributed by atoms with van der Waals surface area (Å²) in [6.07, 6.45) is 3.71. The maximum Gasteiger partial charge on any atom is 0.230 e. The molecule has 2 aromatic rings. The number of nitrogens with zero attached hydrogens (tertiary/aromatic N) is 3. The zero-order valence-electron chi connectivity index (χ0n) is 17.2. The summed E-state index contributed by atoms with van der Waals surface area (Å²) in [4.78, 5) is 26.3. The van der Waals surface area contributed by atoms with Crippen molar-refractivity contribution in [1.82, 2.24) is 14.7 Å². The lowest BCUT2D eigenvalue weighted by molar-refractivity contribution is -0.123. The minimum atomic E-state index is -0.438. The molecule has 1 fully saturated rings. The molecule has 1 aromatic carbocycles. The molecular formula is C22H30N4O2. The SMILES string of the molecule is CC(=O)c1cccc(CN2CCC(n3nccc3NC(=O)C(C)(C)C)CC2)c1. The lowest BCUT2D eigenvalue weighted by Crippen LogP contribution is -2.35. The number of carbonyl (C=O) groups excluding carboxylic acids is 2. The van der Waals surface area contributed by atoms with Gasteiger partial charge in [-0.15, -0.1) is 0 Å². The summed E-state index contributed by atoms with van der Waals surface area (Å²) in [7, 11) is 0. The number of hydrogen-bond acceptors (Lipinski definition) is 4. The fraction of sp³-hybridized carbons (Fsp3) is 0.500. The molecule has 150 valence electrons. The van der Waals surface area contributed by atoms with Gasteiger partial charge in [-0.25, -0.2) is 4.68 Å². The molecule has 28 heavy (non-hydrogen) atoms. The average molecular weight is 383 g/mol. The summed E-state index contributed by atoms with van der Waals surface area (Å²) in [5, 5.41) is 7.47. The van der Waals surface area contributed by atoms with Crippen LogP contribution in [0.2, 0.25) is 0 Å². The molecule has 1 N–H and O–H groups in total. The van der Waals surface area contributed by atoms with Gasteiger partial charge in [-0.3, -0.25) is 14.5 Å². The smallest absolute Gasteiger partial charge is 0.230 e. The zero-order chi connectivity index (χ0) is 20.3. The highest BCUT2D eigenvalue weighted by molar-refractivity contribution is 5.94.